The third-order valence-electron chi connectivity index (χ3n) is 2.51. The minimum atomic E-state index is -0.214. The van der Waals surface area contributed by atoms with E-state index in [4.69, 9.17) is 0 Å². The van der Waals surface area contributed by atoms with Gasteiger partial charge in [0.1, 0.15) is 5.82 Å². The van der Waals surface area contributed by atoms with Crippen LogP contribution in [0.5, 0.6) is 0 Å². The van der Waals surface area contributed by atoms with E-state index in [0.717, 1.165) is 12.0 Å². The topological polar surface area (TPSA) is 12.0 Å². The molecule has 0 aromatic heterocycles. The summed E-state index contributed by atoms with van der Waals surface area (Å²) in [5.41, 5.74) is 1.36. The average molecular weight is 288 g/mol. The van der Waals surface area contributed by atoms with Gasteiger partial charge in [-0.15, -0.1) is 0 Å². The molecule has 0 bridgehead atoms. The Labute approximate surface area is 106 Å². The molecule has 0 fully saturated rings. The second-order valence-corrected chi connectivity index (χ2v) is 6.13. The highest BCUT2D eigenvalue weighted by Crippen LogP contribution is 2.30. The number of benzene rings is 1. The highest BCUT2D eigenvalue weighted by Gasteiger charge is 2.19. The van der Waals surface area contributed by atoms with Crippen molar-refractivity contribution in [3.63, 3.8) is 0 Å². The lowest BCUT2D eigenvalue weighted by molar-refractivity contribution is 0.320. The van der Waals surface area contributed by atoms with Gasteiger partial charge in [-0.05, 0) is 52.5 Å². The lowest BCUT2D eigenvalue weighted by Gasteiger charge is -2.26. The molecule has 1 atom stereocenters. The fraction of sp³-hybridized carbons (Fsp3) is 0.538. The summed E-state index contributed by atoms with van der Waals surface area (Å²) in [6.07, 6.45) is 1.02. The molecule has 0 aliphatic carbocycles. The normalized spacial score (nSPS) is 13.9. The minimum absolute atomic E-state index is 0.214. The molecule has 0 saturated carbocycles. The maximum Gasteiger partial charge on any atom is 0.137 e. The molecule has 1 unspecified atom stereocenters. The van der Waals surface area contributed by atoms with E-state index in [1.54, 1.807) is 0 Å². The van der Waals surface area contributed by atoms with Crippen LogP contribution in [-0.4, -0.2) is 7.05 Å². The van der Waals surface area contributed by atoms with Crippen LogP contribution in [0.3, 0.4) is 0 Å². The molecule has 0 amide bonds. The van der Waals surface area contributed by atoms with Crippen LogP contribution in [0, 0.1) is 11.2 Å². The third-order valence-corrected chi connectivity index (χ3v) is 3.12. The monoisotopic (exact) mass is 287 g/mol. The Bertz CT molecular complexity index is 357. The summed E-state index contributed by atoms with van der Waals surface area (Å²) in [6, 6.07) is 5.46. The fourth-order valence-corrected chi connectivity index (χ4v) is 2.12. The summed E-state index contributed by atoms with van der Waals surface area (Å²) < 4.78 is 13.7. The van der Waals surface area contributed by atoms with Gasteiger partial charge in [-0.1, -0.05) is 26.8 Å². The molecular formula is C13H19BrFN. The van der Waals surface area contributed by atoms with Crippen molar-refractivity contribution in [2.45, 2.75) is 33.2 Å². The van der Waals surface area contributed by atoms with Gasteiger partial charge in [0, 0.05) is 6.04 Å². The van der Waals surface area contributed by atoms with Crippen molar-refractivity contribution in [2.75, 3.05) is 7.05 Å². The van der Waals surface area contributed by atoms with Gasteiger partial charge >= 0.3 is 0 Å². The zero-order valence-electron chi connectivity index (χ0n) is 10.3. The predicted octanol–water partition coefficient (Wildman–Crippen LogP) is 4.28. The Morgan fingerprint density at radius 3 is 2.44 bits per heavy atom. The van der Waals surface area contributed by atoms with Gasteiger partial charge in [0.05, 0.1) is 4.47 Å². The summed E-state index contributed by atoms with van der Waals surface area (Å²) in [4.78, 5) is 0. The summed E-state index contributed by atoms with van der Waals surface area (Å²) in [5.74, 6) is -0.214. The molecule has 90 valence electrons. The fourth-order valence-electron chi connectivity index (χ4n) is 1.73. The van der Waals surface area contributed by atoms with Crippen molar-refractivity contribution in [3.8, 4) is 0 Å². The lowest BCUT2D eigenvalue weighted by Crippen LogP contribution is -2.22. The van der Waals surface area contributed by atoms with E-state index in [0.29, 0.717) is 4.47 Å². The van der Waals surface area contributed by atoms with Crippen LogP contribution in [0.25, 0.3) is 0 Å². The zero-order valence-corrected chi connectivity index (χ0v) is 11.9. The molecule has 0 radical (unpaired) electrons. The molecule has 16 heavy (non-hydrogen) atoms. The van der Waals surface area contributed by atoms with Crippen molar-refractivity contribution in [1.29, 1.82) is 0 Å². The van der Waals surface area contributed by atoms with Gasteiger partial charge in [0.15, 0.2) is 0 Å². The van der Waals surface area contributed by atoms with Gasteiger partial charge in [-0.3, -0.25) is 0 Å². The highest BCUT2D eigenvalue weighted by atomic mass is 79.9. The van der Waals surface area contributed by atoms with Gasteiger partial charge in [-0.2, -0.15) is 0 Å². The number of hydrogen-bond donors (Lipinski definition) is 1. The SMILES string of the molecule is CNC(CC(C)(C)C)c1ccc(F)c(Br)c1. The summed E-state index contributed by atoms with van der Waals surface area (Å²) in [6.45, 7) is 6.61. The summed E-state index contributed by atoms with van der Waals surface area (Å²) in [5, 5.41) is 3.28. The molecular weight excluding hydrogens is 269 g/mol. The first-order valence-electron chi connectivity index (χ1n) is 5.46. The lowest BCUT2D eigenvalue weighted by atomic mass is 9.85. The standard InChI is InChI=1S/C13H19BrFN/c1-13(2,3)8-12(16-4)9-5-6-11(15)10(14)7-9/h5-7,12,16H,8H2,1-4H3. The van der Waals surface area contributed by atoms with Crippen LogP contribution >= 0.6 is 15.9 Å². The molecule has 1 nitrogen and oxygen atoms in total. The Balaban J connectivity index is 2.91. The Kier molecular flexibility index (Phi) is 4.51. The Morgan fingerprint density at radius 1 is 1.38 bits per heavy atom. The maximum atomic E-state index is 13.1. The Hall–Kier alpha value is -0.410. The molecule has 3 heteroatoms. The van der Waals surface area contributed by atoms with Gasteiger partial charge in [0.25, 0.3) is 0 Å². The first kappa shape index (κ1) is 13.7. The zero-order chi connectivity index (χ0) is 12.3. The van der Waals surface area contributed by atoms with Crippen molar-refractivity contribution < 1.29 is 4.39 Å². The molecule has 1 aromatic rings. The number of rotatable bonds is 3. The van der Waals surface area contributed by atoms with Crippen LogP contribution in [0.15, 0.2) is 22.7 Å². The molecule has 1 rings (SSSR count). The second kappa shape index (κ2) is 5.28. The van der Waals surface area contributed by atoms with E-state index in [2.05, 4.69) is 42.0 Å². The smallest absolute Gasteiger partial charge is 0.137 e. The number of nitrogens with one attached hydrogen (secondary N) is 1. The van der Waals surface area contributed by atoms with Crippen LogP contribution in [-0.2, 0) is 0 Å². The maximum absolute atomic E-state index is 13.1. The molecule has 1 aromatic carbocycles. The summed E-state index contributed by atoms with van der Waals surface area (Å²) >= 11 is 3.22. The van der Waals surface area contributed by atoms with Gasteiger partial charge in [-0.25, -0.2) is 4.39 Å². The Morgan fingerprint density at radius 2 is 2.00 bits per heavy atom. The largest absolute Gasteiger partial charge is 0.313 e. The van der Waals surface area contributed by atoms with E-state index in [-0.39, 0.29) is 17.3 Å². The first-order valence-corrected chi connectivity index (χ1v) is 6.25. The molecule has 0 saturated heterocycles. The van der Waals surface area contributed by atoms with Crippen LogP contribution in [0.1, 0.15) is 38.8 Å². The van der Waals surface area contributed by atoms with Gasteiger partial charge < -0.3 is 5.32 Å². The van der Waals surface area contributed by atoms with Crippen molar-refractivity contribution in [1.82, 2.24) is 5.32 Å². The van der Waals surface area contributed by atoms with E-state index in [1.807, 2.05) is 19.2 Å². The van der Waals surface area contributed by atoms with Crippen molar-refractivity contribution >= 4 is 15.9 Å². The second-order valence-electron chi connectivity index (χ2n) is 5.28. The van der Waals surface area contributed by atoms with Gasteiger partial charge in [0.2, 0.25) is 0 Å². The third kappa shape index (κ3) is 3.87. The van der Waals surface area contributed by atoms with E-state index in [1.165, 1.54) is 6.07 Å². The van der Waals surface area contributed by atoms with Crippen molar-refractivity contribution in [3.05, 3.63) is 34.1 Å². The van der Waals surface area contributed by atoms with Crippen LogP contribution in [0.2, 0.25) is 0 Å². The number of halogens is 2. The summed E-state index contributed by atoms with van der Waals surface area (Å²) in [7, 11) is 1.94. The molecule has 0 spiro atoms. The molecule has 0 aliphatic heterocycles. The quantitative estimate of drug-likeness (QED) is 0.875. The van der Waals surface area contributed by atoms with E-state index >= 15 is 0 Å². The average Bonchev–Trinajstić information content (AvgIpc) is 2.17. The highest BCUT2D eigenvalue weighted by molar-refractivity contribution is 9.10. The molecule has 0 heterocycles. The van der Waals surface area contributed by atoms with Crippen LogP contribution < -0.4 is 5.32 Å². The molecule has 0 aliphatic rings. The molecule has 1 N–H and O–H groups in total. The van der Waals surface area contributed by atoms with E-state index in [9.17, 15) is 4.39 Å². The van der Waals surface area contributed by atoms with Crippen LogP contribution in [0.4, 0.5) is 4.39 Å². The minimum Gasteiger partial charge on any atom is -0.313 e. The van der Waals surface area contributed by atoms with E-state index < -0.39 is 0 Å². The van der Waals surface area contributed by atoms with Crippen molar-refractivity contribution in [2.24, 2.45) is 5.41 Å². The number of hydrogen-bond acceptors (Lipinski definition) is 1. The first-order chi connectivity index (χ1) is 7.33. The predicted molar refractivity (Wildman–Crippen MR) is 70.0 cm³/mol.